The molecule has 0 amide bonds. The summed E-state index contributed by atoms with van der Waals surface area (Å²) in [5, 5.41) is 24.4. The van der Waals surface area contributed by atoms with E-state index in [1.807, 2.05) is 18.2 Å². The number of non-ortho nitro benzene ring substituents is 1. The molecule has 1 aliphatic rings. The van der Waals surface area contributed by atoms with Crippen molar-refractivity contribution in [3.05, 3.63) is 64.3 Å². The fourth-order valence-corrected chi connectivity index (χ4v) is 3.50. The number of rotatable bonds is 4. The molecular weight excluding hydrogens is 356 g/mol. The summed E-state index contributed by atoms with van der Waals surface area (Å²) in [6.07, 6.45) is 3.66. The van der Waals surface area contributed by atoms with E-state index in [4.69, 9.17) is 0 Å². The van der Waals surface area contributed by atoms with Crippen molar-refractivity contribution in [2.45, 2.75) is 18.9 Å². The fraction of sp³-hybridized carbons (Fsp3) is 0.250. The molecule has 0 unspecified atom stereocenters. The van der Waals surface area contributed by atoms with Crippen molar-refractivity contribution >= 4 is 28.2 Å². The van der Waals surface area contributed by atoms with Crippen molar-refractivity contribution < 1.29 is 4.92 Å². The Morgan fingerprint density at radius 1 is 1.21 bits per heavy atom. The average Bonchev–Trinajstić information content (AvgIpc) is 2.74. The van der Waals surface area contributed by atoms with Crippen molar-refractivity contribution in [3.63, 3.8) is 0 Å². The van der Waals surface area contributed by atoms with Gasteiger partial charge in [0.15, 0.2) is 0 Å². The van der Waals surface area contributed by atoms with E-state index >= 15 is 0 Å². The smallest absolute Gasteiger partial charge is 0.270 e. The summed E-state index contributed by atoms with van der Waals surface area (Å²) in [4.78, 5) is 21.7. The van der Waals surface area contributed by atoms with E-state index in [9.17, 15) is 15.4 Å². The number of nitriles is 1. The van der Waals surface area contributed by atoms with Crippen LogP contribution in [0.1, 0.15) is 18.4 Å². The monoisotopic (exact) mass is 374 g/mol. The van der Waals surface area contributed by atoms with Crippen LogP contribution in [0.2, 0.25) is 0 Å². The second-order valence-corrected chi connectivity index (χ2v) is 6.72. The van der Waals surface area contributed by atoms with Gasteiger partial charge in [-0.1, -0.05) is 6.07 Å². The molecule has 8 nitrogen and oxygen atoms in total. The predicted octanol–water partition coefficient (Wildman–Crippen LogP) is 3.49. The number of hydrogen-bond acceptors (Lipinski definition) is 7. The summed E-state index contributed by atoms with van der Waals surface area (Å²) >= 11 is 0. The van der Waals surface area contributed by atoms with Crippen LogP contribution in [0.3, 0.4) is 0 Å². The molecule has 1 saturated heterocycles. The summed E-state index contributed by atoms with van der Waals surface area (Å²) in [5.41, 5.74) is 0.897. The van der Waals surface area contributed by atoms with E-state index in [2.05, 4.69) is 26.3 Å². The number of benzene rings is 1. The minimum absolute atomic E-state index is 0.0478. The number of nitrogens with one attached hydrogen (secondary N) is 1. The maximum atomic E-state index is 11.0. The normalized spacial score (nSPS) is 14.6. The highest BCUT2D eigenvalue weighted by atomic mass is 16.6. The summed E-state index contributed by atoms with van der Waals surface area (Å²) in [7, 11) is 0. The zero-order valence-electron chi connectivity index (χ0n) is 15.1. The lowest BCUT2D eigenvalue weighted by Crippen LogP contribution is -2.39. The first kappa shape index (κ1) is 17.7. The van der Waals surface area contributed by atoms with Crippen LogP contribution >= 0.6 is 0 Å². The molecule has 1 aliphatic heterocycles. The Morgan fingerprint density at radius 2 is 2.04 bits per heavy atom. The topological polar surface area (TPSA) is 108 Å². The van der Waals surface area contributed by atoms with Crippen molar-refractivity contribution in [2.75, 3.05) is 23.3 Å². The summed E-state index contributed by atoms with van der Waals surface area (Å²) in [5.74, 6) is 1.60. The minimum atomic E-state index is -0.470. The lowest BCUT2D eigenvalue weighted by molar-refractivity contribution is -0.384. The van der Waals surface area contributed by atoms with Crippen LogP contribution in [0.25, 0.3) is 10.9 Å². The van der Waals surface area contributed by atoms with Gasteiger partial charge in [-0.3, -0.25) is 10.1 Å². The second kappa shape index (κ2) is 7.48. The molecule has 1 N–H and O–H groups in total. The van der Waals surface area contributed by atoms with Crippen molar-refractivity contribution in [2.24, 2.45) is 0 Å². The Morgan fingerprint density at radius 3 is 2.71 bits per heavy atom. The Balaban J connectivity index is 1.50. The highest BCUT2D eigenvalue weighted by molar-refractivity contribution is 5.88. The fourth-order valence-electron chi connectivity index (χ4n) is 3.50. The summed E-state index contributed by atoms with van der Waals surface area (Å²) in [6, 6.07) is 14.3. The van der Waals surface area contributed by atoms with Crippen LogP contribution in [-0.2, 0) is 0 Å². The van der Waals surface area contributed by atoms with Gasteiger partial charge >= 0.3 is 0 Å². The number of anilines is 2. The van der Waals surface area contributed by atoms with Crippen LogP contribution in [0.4, 0.5) is 17.3 Å². The molecule has 1 fully saturated rings. The van der Waals surface area contributed by atoms with E-state index in [0.29, 0.717) is 22.3 Å². The van der Waals surface area contributed by atoms with E-state index in [1.165, 1.54) is 12.1 Å². The van der Waals surface area contributed by atoms with E-state index in [-0.39, 0.29) is 11.7 Å². The molecule has 0 radical (unpaired) electrons. The Hall–Kier alpha value is -3.73. The summed E-state index contributed by atoms with van der Waals surface area (Å²) in [6.45, 7) is 1.78. The van der Waals surface area contributed by atoms with Crippen LogP contribution in [0.15, 0.2) is 48.7 Å². The third-order valence-corrected chi connectivity index (χ3v) is 4.94. The molecule has 2 aromatic heterocycles. The van der Waals surface area contributed by atoms with Crippen LogP contribution in [-0.4, -0.2) is 34.0 Å². The molecule has 0 bridgehead atoms. The van der Waals surface area contributed by atoms with E-state index in [0.717, 1.165) is 31.7 Å². The molecule has 3 heterocycles. The van der Waals surface area contributed by atoms with Gasteiger partial charge in [0.2, 0.25) is 0 Å². The van der Waals surface area contributed by atoms with Crippen LogP contribution in [0, 0.1) is 21.4 Å². The molecule has 0 saturated carbocycles. The molecule has 4 rings (SSSR count). The van der Waals surface area contributed by atoms with E-state index < -0.39 is 4.92 Å². The van der Waals surface area contributed by atoms with Crippen LogP contribution in [0.5, 0.6) is 0 Å². The predicted molar refractivity (Wildman–Crippen MR) is 106 cm³/mol. The number of hydrogen-bond donors (Lipinski definition) is 1. The van der Waals surface area contributed by atoms with Gasteiger partial charge < -0.3 is 10.2 Å². The number of nitro groups is 1. The third-order valence-electron chi connectivity index (χ3n) is 4.94. The lowest BCUT2D eigenvalue weighted by atomic mass is 10.0. The maximum absolute atomic E-state index is 11.0. The van der Waals surface area contributed by atoms with Crippen LogP contribution < -0.4 is 10.2 Å². The van der Waals surface area contributed by atoms with Gasteiger partial charge in [0.1, 0.15) is 11.6 Å². The number of nitrogens with zero attached hydrogens (tertiary/aromatic N) is 5. The Kier molecular flexibility index (Phi) is 4.72. The molecule has 8 heteroatoms. The quantitative estimate of drug-likeness (QED) is 0.550. The molecule has 1 aromatic carbocycles. The number of aromatic nitrogens is 2. The highest BCUT2D eigenvalue weighted by Crippen LogP contribution is 2.26. The van der Waals surface area contributed by atoms with Gasteiger partial charge in [-0.15, -0.1) is 0 Å². The first-order valence-corrected chi connectivity index (χ1v) is 9.06. The SMILES string of the molecule is N#Cc1cc(NC2CCN(c3ccccn3)CC2)nc2ccc([N+](=O)[O-])cc12. The van der Waals surface area contributed by atoms with Gasteiger partial charge in [0.25, 0.3) is 5.69 Å². The van der Waals surface area contributed by atoms with Crippen molar-refractivity contribution in [1.29, 1.82) is 5.26 Å². The first-order chi connectivity index (χ1) is 13.6. The lowest BCUT2D eigenvalue weighted by Gasteiger charge is -2.33. The molecule has 140 valence electrons. The van der Waals surface area contributed by atoms with Gasteiger partial charge in [-0.05, 0) is 37.1 Å². The number of nitro benzene ring substituents is 1. The van der Waals surface area contributed by atoms with Gasteiger partial charge in [-0.2, -0.15) is 5.26 Å². The molecule has 0 atom stereocenters. The number of fused-ring (bicyclic) bond motifs is 1. The molecule has 28 heavy (non-hydrogen) atoms. The molecule has 3 aromatic rings. The third kappa shape index (κ3) is 3.55. The number of pyridine rings is 2. The van der Waals surface area contributed by atoms with Gasteiger partial charge in [0.05, 0.1) is 22.1 Å². The van der Waals surface area contributed by atoms with Crippen molar-refractivity contribution in [1.82, 2.24) is 9.97 Å². The second-order valence-electron chi connectivity index (χ2n) is 6.72. The Labute approximate surface area is 161 Å². The highest BCUT2D eigenvalue weighted by Gasteiger charge is 2.21. The standard InChI is InChI=1S/C20H18N6O2/c21-13-14-11-19(24-18-5-4-16(26(27)28)12-17(14)18)23-15-6-9-25(10-7-15)20-3-1-2-8-22-20/h1-5,8,11-12,15H,6-7,9-10H2,(H,23,24). The Bertz CT molecular complexity index is 1060. The van der Waals surface area contributed by atoms with Gasteiger partial charge in [0, 0.05) is 42.8 Å². The zero-order valence-corrected chi connectivity index (χ0v) is 15.1. The molecular formula is C20H18N6O2. The minimum Gasteiger partial charge on any atom is -0.367 e. The van der Waals surface area contributed by atoms with E-state index in [1.54, 1.807) is 18.3 Å². The first-order valence-electron chi connectivity index (χ1n) is 9.06. The molecule has 0 aliphatic carbocycles. The maximum Gasteiger partial charge on any atom is 0.270 e. The largest absolute Gasteiger partial charge is 0.367 e. The van der Waals surface area contributed by atoms with Gasteiger partial charge in [-0.25, -0.2) is 9.97 Å². The van der Waals surface area contributed by atoms with Crippen molar-refractivity contribution in [3.8, 4) is 6.07 Å². The average molecular weight is 374 g/mol. The number of piperidine rings is 1. The zero-order chi connectivity index (χ0) is 19.5. The summed E-state index contributed by atoms with van der Waals surface area (Å²) < 4.78 is 0. The molecule has 0 spiro atoms.